The fraction of sp³-hybridized carbons (Fsp3) is 0. The standard InChI is InChI=1S/9Ca.9Na.2H3O4P.21H/c;;;;;;;;;;;;;;;;;;2*1-5(2,3)4;;;;;;;;;;;;;;;;;;;;;/h;;;;;;;;;;;;;;;;;;2*(H3,1,2,3,4);;;;;;;;;;;;;;;;;;;;;/q9*+2;9*+1;;;21*-1/p-6. The number of rotatable bonds is 0. The Labute approximate surface area is 667 Å². The number of hydrogen-bond donors (Lipinski definition) is 0. The molecule has 0 heterocycles. The first-order chi connectivity index (χ1) is 4.00. The minimum atomic E-state index is -5.39. The summed E-state index contributed by atoms with van der Waals surface area (Å²) in [4.78, 5) is 51.3. The van der Waals surface area contributed by atoms with Crippen LogP contribution in [-0.2, 0) is 9.13 Å². The Kier molecular flexibility index (Phi) is 468. The molecular weight excluding hydrogens is 758 g/mol. The van der Waals surface area contributed by atoms with Crippen LogP contribution in [0, 0.1) is 0 Å². The second-order valence-corrected chi connectivity index (χ2v) is 2.68. The maximum atomic E-state index is 8.55. The van der Waals surface area contributed by atoms with Gasteiger partial charge in [0.05, 0.1) is 0 Å². The first-order valence-electron chi connectivity index (χ1n) is 1.46. The van der Waals surface area contributed by atoms with E-state index >= 15 is 0 Å². The van der Waals surface area contributed by atoms with E-state index in [-0.39, 0.29) is 636 Å². The van der Waals surface area contributed by atoms with Crippen LogP contribution in [0.4, 0.5) is 0 Å². The smallest absolute Gasteiger partial charge is 1.00 e. The van der Waals surface area contributed by atoms with Crippen molar-refractivity contribution in [1.82, 2.24) is 0 Å². The van der Waals surface area contributed by atoms with E-state index < -0.39 is 15.6 Å². The molecule has 0 aromatic rings. The summed E-state index contributed by atoms with van der Waals surface area (Å²) in [5.74, 6) is 0. The van der Waals surface area contributed by atoms with Gasteiger partial charge in [0.25, 0.3) is 0 Å². The molecule has 0 aliphatic heterocycles. The largest absolute Gasteiger partial charge is 2.00 e. The van der Waals surface area contributed by atoms with E-state index in [0.29, 0.717) is 0 Å². The molecule has 0 fully saturated rings. The summed E-state index contributed by atoms with van der Waals surface area (Å²) < 4.78 is 17.1. The van der Waals surface area contributed by atoms with Gasteiger partial charge in [0.1, 0.15) is 0 Å². The van der Waals surface area contributed by atoms with Crippen LogP contribution < -0.4 is 295 Å². The maximum Gasteiger partial charge on any atom is 2.00 e. The molecule has 28 heteroatoms. The topological polar surface area (TPSA) is 172 Å². The Morgan fingerprint density at radius 2 is 0.321 bits per heavy atom. The van der Waals surface area contributed by atoms with Gasteiger partial charge in [-0.3, -0.25) is 0 Å². The minimum Gasteiger partial charge on any atom is -1.00 e. The van der Waals surface area contributed by atoms with Crippen LogP contribution in [0.2, 0.25) is 0 Å². The summed E-state index contributed by atoms with van der Waals surface area (Å²) >= 11 is 0. The molecule has 0 aromatic carbocycles. The van der Waals surface area contributed by atoms with Gasteiger partial charge in [-0.15, -0.1) is 0 Å². The van der Waals surface area contributed by atoms with E-state index in [1.54, 1.807) is 0 Å². The van der Waals surface area contributed by atoms with Crippen molar-refractivity contribution in [2.24, 2.45) is 0 Å². The van der Waals surface area contributed by atoms with E-state index in [0.717, 1.165) is 0 Å². The Hall–Kier alpha value is 20.6. The van der Waals surface area contributed by atoms with Crippen LogP contribution in [0.15, 0.2) is 0 Å². The quantitative estimate of drug-likeness (QED) is 0.172. The monoisotopic (exact) mass is 778 g/mol. The third-order valence-corrected chi connectivity index (χ3v) is 0. The Bertz CT molecular complexity index is 212. The van der Waals surface area contributed by atoms with Gasteiger partial charge in [-0.1, -0.05) is 0 Å². The summed E-state index contributed by atoms with van der Waals surface area (Å²) in [6, 6.07) is 0. The predicted molar refractivity (Wildman–Crippen MR) is 90.4 cm³/mol. The number of hydrogen-bond acceptors (Lipinski definition) is 8. The molecule has 0 bridgehead atoms. The zero-order valence-corrected chi connectivity index (χ0v) is 59.2. The van der Waals surface area contributed by atoms with Crippen molar-refractivity contribution in [2.45, 2.75) is 0 Å². The molecule has 8 nitrogen and oxygen atoms in total. The summed E-state index contributed by atoms with van der Waals surface area (Å²) in [7, 11) is -10.8. The average Bonchev–Trinajstić information content (AvgIpc) is 1.12. The fourth-order valence-corrected chi connectivity index (χ4v) is 0. The Morgan fingerprint density at radius 1 is 0.321 bits per heavy atom. The molecule has 28 heavy (non-hydrogen) atoms. The van der Waals surface area contributed by atoms with Crippen molar-refractivity contribution < 1.29 is 334 Å². The van der Waals surface area contributed by atoms with E-state index in [1.807, 2.05) is 0 Å². The summed E-state index contributed by atoms with van der Waals surface area (Å²) in [5.41, 5.74) is 0. The van der Waals surface area contributed by atoms with Crippen molar-refractivity contribution in [3.8, 4) is 0 Å². The second-order valence-electron chi connectivity index (χ2n) is 0.894. The Morgan fingerprint density at radius 3 is 0.321 bits per heavy atom. The van der Waals surface area contributed by atoms with Crippen LogP contribution in [0.5, 0.6) is 0 Å². The first-order valence-corrected chi connectivity index (χ1v) is 4.38. The van der Waals surface area contributed by atoms with Crippen molar-refractivity contribution in [1.29, 1.82) is 0 Å². The molecule has 0 radical (unpaired) electrons. The van der Waals surface area contributed by atoms with Gasteiger partial charge in [-0.2, -0.15) is 15.6 Å². The van der Waals surface area contributed by atoms with Gasteiger partial charge in [0.15, 0.2) is 0 Å². The zero-order chi connectivity index (χ0) is 9.00. The van der Waals surface area contributed by atoms with Gasteiger partial charge in [0.2, 0.25) is 0 Å². The summed E-state index contributed by atoms with van der Waals surface area (Å²) in [6.45, 7) is 0. The van der Waals surface area contributed by atoms with Crippen LogP contribution in [-0.4, -0.2) is 340 Å². The van der Waals surface area contributed by atoms with Crippen molar-refractivity contribution in [2.75, 3.05) is 0 Å². The normalized spacial score (nSPS) is 4.21. The molecule has 0 N–H and O–H groups in total. The van der Waals surface area contributed by atoms with Crippen LogP contribution in [0.25, 0.3) is 0 Å². The fourth-order valence-electron chi connectivity index (χ4n) is 0. The third-order valence-electron chi connectivity index (χ3n) is 0. The van der Waals surface area contributed by atoms with Crippen molar-refractivity contribution in [3.63, 3.8) is 0 Å². The van der Waals surface area contributed by atoms with E-state index in [1.165, 1.54) is 0 Å². The first kappa shape index (κ1) is 135. The summed E-state index contributed by atoms with van der Waals surface area (Å²) in [6.07, 6.45) is 0. The van der Waals surface area contributed by atoms with Gasteiger partial charge >= 0.3 is 606 Å². The predicted octanol–water partition coefficient (Wildman–Crippen LogP) is -33.7. The SMILES string of the molecule is O=P([O-])([O-])[O-].O=P([O-])([O-])[O-].[Ca+2].[Ca+2].[Ca+2].[Ca+2].[Ca+2].[Ca+2].[Ca+2].[Ca+2].[Ca+2].[H-].[H-].[H-].[H-].[H-].[H-].[H-].[H-].[H-].[H-].[H-].[H-].[H-].[H-].[H-].[H-].[H-].[H-].[H-].[H-].[H-].[Na+].[Na+].[Na+].[Na+].[Na+].[Na+].[Na+].[Na+].[Na+]. The van der Waals surface area contributed by atoms with Crippen LogP contribution in [0.1, 0.15) is 30.0 Å². The molecular formula is H21Ca9Na9O8P2. The van der Waals surface area contributed by atoms with Gasteiger partial charge in [-0.05, 0) is 0 Å². The third kappa shape index (κ3) is 229. The van der Waals surface area contributed by atoms with Crippen molar-refractivity contribution in [3.05, 3.63) is 0 Å². The van der Waals surface area contributed by atoms with Gasteiger partial charge in [0, 0.05) is 0 Å². The second kappa shape index (κ2) is 97.3. The minimum absolute atomic E-state index is 0. The van der Waals surface area contributed by atoms with Gasteiger partial charge in [-0.25, -0.2) is 0 Å². The molecule has 0 aromatic heterocycles. The molecule has 0 saturated carbocycles. The molecule has 0 unspecified atom stereocenters. The molecule has 0 aliphatic rings. The molecule has 0 atom stereocenters. The molecule has 0 spiro atoms. The van der Waals surface area contributed by atoms with Crippen LogP contribution >= 0.6 is 15.6 Å². The molecule has 0 rings (SSSR count). The molecule has 0 amide bonds. The zero-order valence-electron chi connectivity index (χ0n) is 40.5. The van der Waals surface area contributed by atoms with Gasteiger partial charge < -0.3 is 68.4 Å². The molecule has 0 saturated heterocycles. The Balaban J connectivity index is -0.000000000373. The maximum absolute atomic E-state index is 8.55. The van der Waals surface area contributed by atoms with E-state index in [4.69, 9.17) is 38.5 Å². The molecule has 106 valence electrons. The molecule has 0 aliphatic carbocycles. The van der Waals surface area contributed by atoms with E-state index in [9.17, 15) is 0 Å². The van der Waals surface area contributed by atoms with Crippen molar-refractivity contribution >= 4 is 355 Å². The average molecular weight is 779 g/mol. The number of phosphoric acid groups is 2. The van der Waals surface area contributed by atoms with Crippen LogP contribution in [0.3, 0.4) is 0 Å². The summed E-state index contributed by atoms with van der Waals surface area (Å²) in [5, 5.41) is 0. The van der Waals surface area contributed by atoms with E-state index in [2.05, 4.69) is 0 Å².